The maximum absolute atomic E-state index is 12.3. The number of alkyl halides is 3. The minimum atomic E-state index is -4.44. The topological polar surface area (TPSA) is 127 Å². The van der Waals surface area contributed by atoms with Gasteiger partial charge in [-0.1, -0.05) is 32.1 Å². The number of rotatable bonds is 8. The van der Waals surface area contributed by atoms with Gasteiger partial charge in [0.05, 0.1) is 27.0 Å². The summed E-state index contributed by atoms with van der Waals surface area (Å²) in [4.78, 5) is 21.2. The van der Waals surface area contributed by atoms with E-state index in [9.17, 15) is 18.0 Å². The molecule has 0 saturated heterocycles. The van der Waals surface area contributed by atoms with Crippen molar-refractivity contribution < 1.29 is 63.2 Å². The van der Waals surface area contributed by atoms with Gasteiger partial charge in [-0.25, -0.2) is 4.68 Å². The van der Waals surface area contributed by atoms with Gasteiger partial charge in [0.15, 0.2) is 0 Å². The fourth-order valence-electron chi connectivity index (χ4n) is 2.80. The van der Waals surface area contributed by atoms with Crippen molar-refractivity contribution in [2.75, 3.05) is 11.9 Å². The van der Waals surface area contributed by atoms with Gasteiger partial charge >= 0.3 is 6.18 Å². The summed E-state index contributed by atoms with van der Waals surface area (Å²) in [6.45, 7) is -2.04. The molecular weight excluding hydrogens is 678 g/mol. The van der Waals surface area contributed by atoms with Crippen LogP contribution in [-0.2, 0) is 29.6 Å². The number of carbonyl (C=O) groups excluding carboxylic acids is 1. The molecule has 178 valence electrons. The van der Waals surface area contributed by atoms with E-state index in [-0.39, 0.29) is 55.0 Å². The zero-order valence-corrected chi connectivity index (χ0v) is 22.5. The van der Waals surface area contributed by atoms with Crippen LogP contribution in [0.5, 0.6) is 0 Å². The number of hydrogen-bond donors (Lipinski definition) is 2. The number of carbonyl (C=O) groups is 1. The molecule has 0 spiro atoms. The van der Waals surface area contributed by atoms with E-state index in [2.05, 4.69) is 20.3 Å². The van der Waals surface area contributed by atoms with Gasteiger partial charge in [0.1, 0.15) is 24.8 Å². The fourth-order valence-corrected chi connectivity index (χ4v) is 3.02. The van der Waals surface area contributed by atoms with Gasteiger partial charge in [0, 0.05) is 44.2 Å². The van der Waals surface area contributed by atoms with Gasteiger partial charge in [-0.2, -0.15) is 23.4 Å². The molecule has 3 N–H and O–H groups in total. The molecule has 1 unspecified atom stereocenters. The van der Waals surface area contributed by atoms with Crippen LogP contribution >= 0.6 is 8.53 Å². The Morgan fingerprint density at radius 3 is 2.50 bits per heavy atom. The van der Waals surface area contributed by atoms with E-state index in [4.69, 9.17) is 14.9 Å². The van der Waals surface area contributed by atoms with Gasteiger partial charge < -0.3 is 25.0 Å². The minimum absolute atomic E-state index is 0. The second-order valence-electron chi connectivity index (χ2n) is 6.72. The first kappa shape index (κ1) is 29.0. The second kappa shape index (κ2) is 14.3. The SMILES string of the molecule is C1CCCC1.Cn1nc(COCC(F)(F)F)cc1C(=O)Nc1ccnn1COP([NH-])O.[U]. The molecule has 1 fully saturated rings. The Morgan fingerprint density at radius 2 is 1.94 bits per heavy atom. The molecule has 1 saturated carbocycles. The maximum atomic E-state index is 12.3. The van der Waals surface area contributed by atoms with Gasteiger partial charge in [0.2, 0.25) is 0 Å². The molecule has 0 radical (unpaired) electrons. The Kier molecular flexibility index (Phi) is 13.0. The summed E-state index contributed by atoms with van der Waals surface area (Å²) >= 11 is 0. The molecule has 2 aromatic rings. The smallest absolute Gasteiger partial charge is 0.411 e. The number of nitrogens with one attached hydrogen (secondary N) is 2. The van der Waals surface area contributed by atoms with Crippen LogP contribution in [0.15, 0.2) is 18.3 Å². The average molecular weight is 703 g/mol. The van der Waals surface area contributed by atoms with E-state index in [0.29, 0.717) is 0 Å². The number of anilines is 1. The molecule has 3 rings (SSSR count). The van der Waals surface area contributed by atoms with Crippen LogP contribution in [0.4, 0.5) is 19.0 Å². The summed E-state index contributed by atoms with van der Waals surface area (Å²) in [5.74, 6) is -0.344. The van der Waals surface area contributed by atoms with Gasteiger partial charge in [0.25, 0.3) is 5.91 Å². The van der Waals surface area contributed by atoms with Crippen LogP contribution in [0.2, 0.25) is 0 Å². The van der Waals surface area contributed by atoms with Crippen LogP contribution in [0.3, 0.4) is 0 Å². The van der Waals surface area contributed by atoms with Gasteiger partial charge in [-0.05, 0) is 6.07 Å². The normalized spacial score (nSPS) is 14.3. The molecule has 15 heteroatoms. The Hall–Kier alpha value is -0.998. The molecule has 10 nitrogen and oxygen atoms in total. The standard InChI is InChI=1S/C12H15F3N6O4P.C5H10.U/c1-20-9(4-8(19-20)5-24-6-12(13,14)15)11(22)18-10-2-3-17-21(10)7-25-26(16)23;1-2-4-5-3-1;/h2-4,16,23H,5-7H2,1H3,(H,18,22);1-5H2;/q-1;;. The molecule has 1 aliphatic rings. The molecule has 2 heterocycles. The van der Waals surface area contributed by atoms with E-state index in [0.717, 1.165) is 0 Å². The monoisotopic (exact) mass is 703 g/mol. The van der Waals surface area contributed by atoms with Gasteiger partial charge in [-0.15, -0.1) is 0 Å². The van der Waals surface area contributed by atoms with Crippen molar-refractivity contribution in [3.8, 4) is 0 Å². The van der Waals surface area contributed by atoms with Crippen molar-refractivity contribution in [3.05, 3.63) is 35.2 Å². The van der Waals surface area contributed by atoms with E-state index >= 15 is 0 Å². The number of hydrogen-bond acceptors (Lipinski definition) is 6. The van der Waals surface area contributed by atoms with Gasteiger partial charge in [-0.3, -0.25) is 9.48 Å². The maximum Gasteiger partial charge on any atom is 0.411 e. The van der Waals surface area contributed by atoms with E-state index in [1.165, 1.54) is 66.8 Å². The zero-order valence-electron chi connectivity index (χ0n) is 17.4. The third-order valence-corrected chi connectivity index (χ3v) is 4.55. The predicted molar refractivity (Wildman–Crippen MR) is 107 cm³/mol. The molecule has 0 bridgehead atoms. The fraction of sp³-hybridized carbons (Fsp3) is 0.588. The van der Waals surface area contributed by atoms with Crippen molar-refractivity contribution in [1.29, 1.82) is 0 Å². The largest absolute Gasteiger partial charge is 0.604 e. The number of nitrogens with zero attached hydrogens (tertiary/aromatic N) is 4. The Balaban J connectivity index is 0.000000750. The molecule has 0 aliphatic heterocycles. The van der Waals surface area contributed by atoms with Crippen molar-refractivity contribution in [2.24, 2.45) is 7.05 Å². The number of aryl methyl sites for hydroxylation is 1. The molecule has 1 atom stereocenters. The van der Waals surface area contributed by atoms with Crippen LogP contribution < -0.4 is 5.32 Å². The molecule has 1 aliphatic carbocycles. The predicted octanol–water partition coefficient (Wildman–Crippen LogP) is 4.14. The molecule has 0 aromatic carbocycles. The number of aromatic nitrogens is 4. The van der Waals surface area contributed by atoms with E-state index in [1.807, 2.05) is 0 Å². The summed E-state index contributed by atoms with van der Waals surface area (Å²) in [6, 6.07) is 2.77. The van der Waals surface area contributed by atoms with Crippen molar-refractivity contribution in [3.63, 3.8) is 0 Å². The number of halogens is 3. The summed E-state index contributed by atoms with van der Waals surface area (Å²) in [7, 11) is -0.870. The van der Waals surface area contributed by atoms with E-state index in [1.54, 1.807) is 0 Å². The van der Waals surface area contributed by atoms with Crippen molar-refractivity contribution >= 4 is 20.3 Å². The summed E-state index contributed by atoms with van der Waals surface area (Å²) < 4.78 is 47.9. The summed E-state index contributed by atoms with van der Waals surface area (Å²) in [5.41, 5.74) is 7.18. The Morgan fingerprint density at radius 1 is 1.31 bits per heavy atom. The first-order chi connectivity index (χ1) is 14.7. The molecule has 2 aromatic heterocycles. The average Bonchev–Trinajstić information content (AvgIpc) is 3.42. The van der Waals surface area contributed by atoms with Crippen LogP contribution in [0.25, 0.3) is 5.50 Å². The zero-order chi connectivity index (χ0) is 22.9. The Bertz CT molecular complexity index is 822. The first-order valence-electron chi connectivity index (χ1n) is 9.49. The first-order valence-corrected chi connectivity index (χ1v) is 10.7. The quantitative estimate of drug-likeness (QED) is 0.398. The Labute approximate surface area is 208 Å². The van der Waals surface area contributed by atoms with E-state index < -0.39 is 33.8 Å². The summed E-state index contributed by atoms with van der Waals surface area (Å²) in [6.07, 6.45) is 4.44. The minimum Gasteiger partial charge on any atom is -0.604 e. The second-order valence-corrected chi connectivity index (χ2v) is 7.53. The number of ether oxygens (including phenoxy) is 1. The van der Waals surface area contributed by atoms with Crippen LogP contribution in [-0.4, -0.2) is 43.1 Å². The number of amides is 1. The molecule has 1 amide bonds. The van der Waals surface area contributed by atoms with Crippen molar-refractivity contribution in [1.82, 2.24) is 19.6 Å². The third-order valence-electron chi connectivity index (χ3n) is 4.19. The molecule has 32 heavy (non-hydrogen) atoms. The third kappa shape index (κ3) is 10.7. The van der Waals surface area contributed by atoms with Crippen LogP contribution in [0.1, 0.15) is 48.3 Å². The molecular formula is C17H25F3N6O4PU-. The van der Waals surface area contributed by atoms with Crippen LogP contribution in [0, 0.1) is 31.1 Å². The van der Waals surface area contributed by atoms with Crippen molar-refractivity contribution in [2.45, 2.75) is 51.6 Å². The summed E-state index contributed by atoms with van der Waals surface area (Å²) in [5, 5.41) is 10.3.